The van der Waals surface area contributed by atoms with Gasteiger partial charge < -0.3 is 29.9 Å². The Kier molecular flexibility index (Phi) is 14.6. The van der Waals surface area contributed by atoms with Gasteiger partial charge in [-0.15, -0.1) is 0 Å². The summed E-state index contributed by atoms with van der Waals surface area (Å²) < 4.78 is 43.2. The number of ether oxygens (including phenoxy) is 2. The summed E-state index contributed by atoms with van der Waals surface area (Å²) in [4.78, 5) is 16.3. The Labute approximate surface area is 387 Å². The standard InChI is InChI=1S/C53H56ClN3O7S/c1-36-12-26-46(27-13-36)65(61,62)56-48(32-38-8-4-3-5-9-38)51(59)55-33-43-10-6-7-11-47(43)40-18-20-42(21-19-40)52-63-49(37(2)50(64-52)41-16-14-39(35-58)15-17-41)34-57-30-28-53(60,29-31-57)44-22-24-45(54)25-23-44/h3-27,37,48-50,52,56,58,60H,28-35H2,1-2H3,(H,55,59)/t37-,48-,49+,50+,52+/m1/s1. The van der Waals surface area contributed by atoms with E-state index in [1.807, 2.05) is 134 Å². The zero-order valence-corrected chi connectivity index (χ0v) is 38.2. The van der Waals surface area contributed by atoms with Gasteiger partial charge in [-0.3, -0.25) is 4.79 Å². The molecular formula is C53H56ClN3O7S. The second-order valence-corrected chi connectivity index (χ2v) is 19.5. The topological polar surface area (TPSA) is 137 Å². The fourth-order valence-corrected chi connectivity index (χ4v) is 10.2. The Morgan fingerprint density at radius 2 is 1.45 bits per heavy atom. The first-order valence-corrected chi connectivity index (χ1v) is 24.0. The van der Waals surface area contributed by atoms with Crippen molar-refractivity contribution in [3.05, 3.63) is 196 Å². The maximum absolute atomic E-state index is 13.9. The Morgan fingerprint density at radius 1 is 0.800 bits per heavy atom. The summed E-state index contributed by atoms with van der Waals surface area (Å²) in [6.07, 6.45) is 0.229. The Balaban J connectivity index is 0.977. The second kappa shape index (κ2) is 20.5. The quantitative estimate of drug-likeness (QED) is 0.0803. The molecule has 10 nitrogen and oxygen atoms in total. The molecule has 0 spiro atoms. The van der Waals surface area contributed by atoms with Crippen LogP contribution in [0.15, 0.2) is 157 Å². The van der Waals surface area contributed by atoms with E-state index in [1.54, 1.807) is 24.3 Å². The van der Waals surface area contributed by atoms with Gasteiger partial charge >= 0.3 is 0 Å². The van der Waals surface area contributed by atoms with E-state index in [9.17, 15) is 23.4 Å². The highest BCUT2D eigenvalue weighted by molar-refractivity contribution is 7.89. The molecule has 5 atom stereocenters. The smallest absolute Gasteiger partial charge is 0.241 e. The molecular weight excluding hydrogens is 858 g/mol. The zero-order valence-electron chi connectivity index (χ0n) is 36.6. The minimum atomic E-state index is -4.00. The van der Waals surface area contributed by atoms with Crippen LogP contribution in [0.25, 0.3) is 11.1 Å². The number of likely N-dealkylation sites (tertiary alicyclic amines) is 1. The van der Waals surface area contributed by atoms with Gasteiger partial charge in [0.25, 0.3) is 0 Å². The number of aryl methyl sites for hydroxylation is 1. The van der Waals surface area contributed by atoms with Gasteiger partial charge in [0, 0.05) is 42.7 Å². The third-order valence-electron chi connectivity index (χ3n) is 12.8. The monoisotopic (exact) mass is 913 g/mol. The van der Waals surface area contributed by atoms with E-state index in [4.69, 9.17) is 21.1 Å². The number of hydrogen-bond acceptors (Lipinski definition) is 8. The normalized spacial score (nSPS) is 20.5. The van der Waals surface area contributed by atoms with Crippen LogP contribution in [-0.4, -0.2) is 61.2 Å². The van der Waals surface area contributed by atoms with Crippen molar-refractivity contribution in [1.82, 2.24) is 14.9 Å². The summed E-state index contributed by atoms with van der Waals surface area (Å²) in [5, 5.41) is 25.0. The number of rotatable bonds is 15. The van der Waals surface area contributed by atoms with E-state index < -0.39 is 33.9 Å². The van der Waals surface area contributed by atoms with E-state index in [1.165, 1.54) is 0 Å². The van der Waals surface area contributed by atoms with Gasteiger partial charge in [0.2, 0.25) is 15.9 Å². The van der Waals surface area contributed by atoms with Gasteiger partial charge in [-0.1, -0.05) is 151 Å². The van der Waals surface area contributed by atoms with Gasteiger partial charge in [-0.25, -0.2) is 8.42 Å². The Bertz CT molecular complexity index is 2620. The summed E-state index contributed by atoms with van der Waals surface area (Å²) in [7, 11) is -4.00. The number of halogens is 1. The summed E-state index contributed by atoms with van der Waals surface area (Å²) in [6.45, 7) is 6.25. The predicted octanol–water partition coefficient (Wildman–Crippen LogP) is 8.79. The molecule has 65 heavy (non-hydrogen) atoms. The second-order valence-electron chi connectivity index (χ2n) is 17.3. The molecule has 0 saturated carbocycles. The lowest BCUT2D eigenvalue weighted by molar-refractivity contribution is -0.277. The summed E-state index contributed by atoms with van der Waals surface area (Å²) >= 11 is 6.14. The lowest BCUT2D eigenvalue weighted by atomic mass is 9.84. The molecule has 2 aliphatic heterocycles. The van der Waals surface area contributed by atoms with Crippen LogP contribution in [0.3, 0.4) is 0 Å². The average Bonchev–Trinajstić information content (AvgIpc) is 3.33. The summed E-state index contributed by atoms with van der Waals surface area (Å²) in [6, 6.07) is 46.1. The molecule has 12 heteroatoms. The van der Waals surface area contributed by atoms with Gasteiger partial charge in [-0.05, 0) is 89.4 Å². The average molecular weight is 915 g/mol. The lowest BCUT2D eigenvalue weighted by Crippen LogP contribution is -2.49. The Morgan fingerprint density at radius 3 is 2.12 bits per heavy atom. The van der Waals surface area contributed by atoms with Gasteiger partial charge in [0.05, 0.1) is 29.3 Å². The number of carbonyl (C=O) groups excluding carboxylic acids is 1. The zero-order chi connectivity index (χ0) is 45.6. The first kappa shape index (κ1) is 46.3. The minimum Gasteiger partial charge on any atom is -0.392 e. The van der Waals surface area contributed by atoms with Crippen molar-refractivity contribution in [3.63, 3.8) is 0 Å². The molecule has 4 N–H and O–H groups in total. The molecule has 2 heterocycles. The number of sulfonamides is 1. The molecule has 2 aliphatic rings. The van der Waals surface area contributed by atoms with E-state index in [0.29, 0.717) is 37.5 Å². The number of piperidine rings is 1. The molecule has 2 fully saturated rings. The van der Waals surface area contributed by atoms with Crippen molar-refractivity contribution in [3.8, 4) is 11.1 Å². The summed E-state index contributed by atoms with van der Waals surface area (Å²) in [5.41, 5.74) is 7.12. The molecule has 0 radical (unpaired) electrons. The molecule has 6 aromatic carbocycles. The fourth-order valence-electron chi connectivity index (χ4n) is 8.83. The van der Waals surface area contributed by atoms with Crippen molar-refractivity contribution < 1.29 is 32.9 Å². The summed E-state index contributed by atoms with van der Waals surface area (Å²) in [5.74, 6) is -0.442. The molecule has 0 bridgehead atoms. The minimum absolute atomic E-state index is 0.00475. The van der Waals surface area contributed by atoms with Gasteiger partial charge in [0.15, 0.2) is 6.29 Å². The molecule has 0 aromatic heterocycles. The largest absolute Gasteiger partial charge is 0.392 e. The first-order chi connectivity index (χ1) is 31.4. The highest BCUT2D eigenvalue weighted by Crippen LogP contribution is 2.43. The number of hydrogen-bond donors (Lipinski definition) is 4. The van der Waals surface area contributed by atoms with Crippen LogP contribution in [0.5, 0.6) is 0 Å². The van der Waals surface area contributed by atoms with Crippen molar-refractivity contribution in [2.45, 2.75) is 81.3 Å². The van der Waals surface area contributed by atoms with Crippen molar-refractivity contribution in [1.29, 1.82) is 0 Å². The highest BCUT2D eigenvalue weighted by Gasteiger charge is 2.41. The van der Waals surface area contributed by atoms with Gasteiger partial charge in [0.1, 0.15) is 6.04 Å². The SMILES string of the molecule is Cc1ccc(S(=O)(=O)N[C@H](Cc2ccccc2)C(=O)NCc2ccccc2-c2ccc([C@H]3O[C@@H](CN4CCC(O)(c5ccc(Cl)cc5)CC4)[C@@H](C)[C@@H](c4ccc(CO)cc4)O3)cc2)cc1. The number of aliphatic hydroxyl groups is 2. The van der Waals surface area contributed by atoms with Crippen LogP contribution in [0.2, 0.25) is 5.02 Å². The maximum atomic E-state index is 13.9. The number of amides is 1. The number of nitrogens with zero attached hydrogens (tertiary/aromatic N) is 1. The predicted molar refractivity (Wildman–Crippen MR) is 253 cm³/mol. The number of nitrogens with one attached hydrogen (secondary N) is 2. The van der Waals surface area contributed by atoms with E-state index in [-0.39, 0.29) is 42.6 Å². The van der Waals surface area contributed by atoms with E-state index in [2.05, 4.69) is 21.9 Å². The third kappa shape index (κ3) is 11.3. The fraction of sp³-hybridized carbons (Fsp3) is 0.302. The molecule has 1 amide bonds. The van der Waals surface area contributed by atoms with Crippen molar-refractivity contribution >= 4 is 27.5 Å². The van der Waals surface area contributed by atoms with Crippen molar-refractivity contribution in [2.75, 3.05) is 19.6 Å². The van der Waals surface area contributed by atoms with Crippen LogP contribution < -0.4 is 10.0 Å². The van der Waals surface area contributed by atoms with E-state index >= 15 is 0 Å². The molecule has 8 rings (SSSR count). The molecule has 338 valence electrons. The number of carbonyl (C=O) groups is 1. The Hall–Kier alpha value is -5.21. The lowest BCUT2D eigenvalue weighted by Gasteiger charge is -2.45. The van der Waals surface area contributed by atoms with Crippen LogP contribution in [0, 0.1) is 12.8 Å². The molecule has 0 unspecified atom stereocenters. The highest BCUT2D eigenvalue weighted by atomic mass is 35.5. The van der Waals surface area contributed by atoms with Crippen LogP contribution >= 0.6 is 11.6 Å². The molecule has 2 saturated heterocycles. The van der Waals surface area contributed by atoms with Crippen LogP contribution in [0.4, 0.5) is 0 Å². The first-order valence-electron chi connectivity index (χ1n) is 22.2. The number of benzene rings is 6. The van der Waals surface area contributed by atoms with Gasteiger partial charge in [-0.2, -0.15) is 4.72 Å². The van der Waals surface area contributed by atoms with E-state index in [0.717, 1.165) is 50.1 Å². The maximum Gasteiger partial charge on any atom is 0.241 e. The third-order valence-corrected chi connectivity index (χ3v) is 14.6. The van der Waals surface area contributed by atoms with Crippen molar-refractivity contribution in [2.24, 2.45) is 5.92 Å². The molecule has 6 aromatic rings. The van der Waals surface area contributed by atoms with Crippen LogP contribution in [0.1, 0.15) is 71.1 Å². The number of aliphatic hydroxyl groups excluding tert-OH is 1. The van der Waals surface area contributed by atoms with Crippen LogP contribution in [-0.2, 0) is 49.5 Å². The molecule has 0 aliphatic carbocycles.